The fourth-order valence-electron chi connectivity index (χ4n) is 0.727. The van der Waals surface area contributed by atoms with Crippen molar-refractivity contribution in [2.45, 2.75) is 79.1 Å². The quantitative estimate of drug-likeness (QED) is 0.722. The first-order valence-corrected chi connectivity index (χ1v) is 9.60. The Morgan fingerprint density at radius 3 is 0.812 bits per heavy atom. The van der Waals surface area contributed by atoms with E-state index >= 15 is 0 Å². The zero-order valence-electron chi connectivity index (χ0n) is 12.2. The summed E-state index contributed by atoms with van der Waals surface area (Å²) in [5.41, 5.74) is -0.600. The summed E-state index contributed by atoms with van der Waals surface area (Å²) >= 11 is -2.79. The molecule has 0 spiro atoms. The van der Waals surface area contributed by atoms with E-state index in [-0.39, 0.29) is 16.8 Å². The van der Waals surface area contributed by atoms with Crippen molar-refractivity contribution in [2.24, 2.45) is 0 Å². The van der Waals surface area contributed by atoms with E-state index in [4.69, 9.17) is 9.73 Å². The molecule has 0 aromatic rings. The van der Waals surface area contributed by atoms with Crippen LogP contribution in [0.25, 0.3) is 0 Å². The van der Waals surface area contributed by atoms with Gasteiger partial charge in [-0.2, -0.15) is 0 Å². The molecule has 0 fully saturated rings. The fourth-order valence-corrected chi connectivity index (χ4v) is 5.95. The van der Waals surface area contributed by atoms with Crippen LogP contribution in [0.5, 0.6) is 0 Å². The van der Waals surface area contributed by atoms with Gasteiger partial charge in [-0.15, -0.1) is 0 Å². The van der Waals surface area contributed by atoms with Crippen molar-refractivity contribution in [1.82, 2.24) is 0 Å². The Bertz CT molecular complexity index is 170. The normalized spacial score (nSPS) is 14.6. The number of hydrogen-bond acceptors (Lipinski definition) is 3. The van der Waals surface area contributed by atoms with Crippen molar-refractivity contribution in [3.05, 3.63) is 0 Å². The van der Waals surface area contributed by atoms with Crippen molar-refractivity contribution in [3.63, 3.8) is 0 Å². The molecule has 0 aliphatic heterocycles. The molecule has 0 atom stereocenters. The van der Waals surface area contributed by atoms with E-state index in [2.05, 4.69) is 0 Å². The molecule has 0 aliphatic rings. The Labute approximate surface area is 108 Å². The Kier molecular flexibility index (Phi) is 5.72. The summed E-state index contributed by atoms with van der Waals surface area (Å²) in [6.07, 6.45) is 0. The average molecular weight is 400 g/mol. The second-order valence-electron chi connectivity index (χ2n) is 6.83. The Morgan fingerprint density at radius 2 is 0.688 bits per heavy atom. The van der Waals surface area contributed by atoms with E-state index in [1.54, 1.807) is 0 Å². The Hall–Kier alpha value is 0.620. The van der Waals surface area contributed by atoms with E-state index in [0.29, 0.717) is 0 Å². The minimum absolute atomic E-state index is 0.200. The standard InChI is InChI=1S/3C4H9O.Ta/c3*1-4(2,3)5;/h3*1-3H3;/q3*-1;+3. The van der Waals surface area contributed by atoms with Gasteiger partial charge in [0.2, 0.25) is 0 Å². The van der Waals surface area contributed by atoms with Crippen LogP contribution in [-0.4, -0.2) is 16.8 Å². The Balaban J connectivity index is 4.53. The molecule has 0 aromatic heterocycles. The summed E-state index contributed by atoms with van der Waals surface area (Å²) in [5, 5.41) is 0. The van der Waals surface area contributed by atoms with Gasteiger partial charge in [0.1, 0.15) is 0 Å². The molecule has 0 saturated carbocycles. The molecule has 0 radical (unpaired) electrons. The maximum atomic E-state index is 5.95. The van der Waals surface area contributed by atoms with Crippen LogP contribution in [-0.2, 0) is 29.4 Å². The van der Waals surface area contributed by atoms with E-state index in [9.17, 15) is 0 Å². The summed E-state index contributed by atoms with van der Waals surface area (Å²) in [5.74, 6) is 0. The average Bonchev–Trinajstić information content (AvgIpc) is 1.70. The predicted molar refractivity (Wildman–Crippen MR) is 62.5 cm³/mol. The van der Waals surface area contributed by atoms with E-state index in [1.807, 2.05) is 62.3 Å². The van der Waals surface area contributed by atoms with Gasteiger partial charge < -0.3 is 0 Å². The summed E-state index contributed by atoms with van der Waals surface area (Å²) in [6.45, 7) is 18.3. The minimum atomic E-state index is -2.79. The van der Waals surface area contributed by atoms with Crippen molar-refractivity contribution < 1.29 is 29.4 Å². The van der Waals surface area contributed by atoms with E-state index < -0.39 is 19.6 Å². The predicted octanol–water partition coefficient (Wildman–Crippen LogP) is 3.79. The third kappa shape index (κ3) is 11.1. The van der Waals surface area contributed by atoms with Gasteiger partial charge in [-0.05, 0) is 0 Å². The maximum absolute atomic E-state index is 5.95. The molecule has 0 unspecified atom stereocenters. The summed E-state index contributed by atoms with van der Waals surface area (Å²) in [7, 11) is 0. The van der Waals surface area contributed by atoms with Crippen LogP contribution in [0, 0.1) is 0 Å². The summed E-state index contributed by atoms with van der Waals surface area (Å²) in [4.78, 5) is 0. The molecule has 3 nitrogen and oxygen atoms in total. The van der Waals surface area contributed by atoms with Crippen LogP contribution in [0.4, 0.5) is 0 Å². The zero-order valence-corrected chi connectivity index (χ0v) is 15.4. The second-order valence-corrected chi connectivity index (χ2v) is 10.4. The molecule has 4 heteroatoms. The van der Waals surface area contributed by atoms with Crippen LogP contribution in [0.3, 0.4) is 0 Å². The third-order valence-corrected chi connectivity index (χ3v) is 8.56. The molecular formula is C12H27O3Ta. The molecule has 98 valence electrons. The molecule has 0 rings (SSSR count). The molecule has 16 heavy (non-hydrogen) atoms. The molecule has 0 aliphatic carbocycles. The second kappa shape index (κ2) is 5.51. The SMILES string of the molecule is CC(C)(C)[O][Ta]([O]C(C)(C)C)[O]C(C)(C)C. The molecule has 0 amide bonds. The van der Waals surface area contributed by atoms with Gasteiger partial charge in [0.05, 0.1) is 0 Å². The van der Waals surface area contributed by atoms with Crippen molar-refractivity contribution in [3.8, 4) is 0 Å². The van der Waals surface area contributed by atoms with Crippen molar-refractivity contribution >= 4 is 0 Å². The summed E-state index contributed by atoms with van der Waals surface area (Å²) < 4.78 is 17.8. The van der Waals surface area contributed by atoms with Gasteiger partial charge in [0, 0.05) is 0 Å². The Morgan fingerprint density at radius 1 is 0.500 bits per heavy atom. The number of hydrogen-bond donors (Lipinski definition) is 0. The van der Waals surface area contributed by atoms with E-state index in [0.717, 1.165) is 0 Å². The van der Waals surface area contributed by atoms with Crippen LogP contribution in [0.2, 0.25) is 0 Å². The van der Waals surface area contributed by atoms with Gasteiger partial charge in [0.15, 0.2) is 0 Å². The molecule has 0 heterocycles. The van der Waals surface area contributed by atoms with Crippen LogP contribution in [0.15, 0.2) is 0 Å². The van der Waals surface area contributed by atoms with Gasteiger partial charge in [-0.3, -0.25) is 0 Å². The van der Waals surface area contributed by atoms with Crippen LogP contribution in [0.1, 0.15) is 62.3 Å². The summed E-state index contributed by atoms with van der Waals surface area (Å²) in [6, 6.07) is 0. The first-order chi connectivity index (χ1) is 6.79. The zero-order chi connectivity index (χ0) is 13.2. The molecule has 0 bridgehead atoms. The first-order valence-electron chi connectivity index (χ1n) is 5.66. The molecule has 0 N–H and O–H groups in total. The fraction of sp³-hybridized carbons (Fsp3) is 1.00. The topological polar surface area (TPSA) is 27.7 Å². The third-order valence-electron chi connectivity index (χ3n) is 1.05. The molecule has 0 aromatic carbocycles. The van der Waals surface area contributed by atoms with Crippen LogP contribution < -0.4 is 0 Å². The van der Waals surface area contributed by atoms with E-state index in [1.165, 1.54) is 0 Å². The molecule has 0 saturated heterocycles. The first kappa shape index (κ1) is 16.6. The molecular weight excluding hydrogens is 373 g/mol. The monoisotopic (exact) mass is 400 g/mol. The van der Waals surface area contributed by atoms with Crippen molar-refractivity contribution in [2.75, 3.05) is 0 Å². The number of rotatable bonds is 3. The van der Waals surface area contributed by atoms with Crippen LogP contribution >= 0.6 is 0 Å². The van der Waals surface area contributed by atoms with Gasteiger partial charge >= 0.3 is 108 Å². The van der Waals surface area contributed by atoms with Gasteiger partial charge in [0.25, 0.3) is 0 Å². The van der Waals surface area contributed by atoms with Gasteiger partial charge in [-0.1, -0.05) is 0 Å². The van der Waals surface area contributed by atoms with Gasteiger partial charge in [-0.25, -0.2) is 0 Å². The van der Waals surface area contributed by atoms with Crippen molar-refractivity contribution in [1.29, 1.82) is 0 Å².